The Bertz CT molecular complexity index is 1270. The van der Waals surface area contributed by atoms with E-state index in [1.807, 2.05) is 24.3 Å². The molecule has 0 aliphatic heterocycles. The van der Waals surface area contributed by atoms with E-state index in [4.69, 9.17) is 5.26 Å². The summed E-state index contributed by atoms with van der Waals surface area (Å²) < 4.78 is 15.2. The summed E-state index contributed by atoms with van der Waals surface area (Å²) >= 11 is 1.37. The normalized spacial score (nSPS) is 11.0. The highest BCUT2D eigenvalue weighted by Gasteiger charge is 2.21. The maximum absolute atomic E-state index is 14.2. The van der Waals surface area contributed by atoms with E-state index in [0.717, 1.165) is 15.8 Å². The van der Waals surface area contributed by atoms with Crippen LogP contribution in [-0.4, -0.2) is 10.9 Å². The largest absolute Gasteiger partial charge is 0.269 e. The van der Waals surface area contributed by atoms with Crippen molar-refractivity contribution in [3.05, 3.63) is 95.3 Å². The maximum atomic E-state index is 14.2. The van der Waals surface area contributed by atoms with Gasteiger partial charge in [-0.15, -0.1) is 0 Å². The predicted octanol–water partition coefficient (Wildman–Crippen LogP) is 5.99. The first-order valence-electron chi connectivity index (χ1n) is 9.19. The minimum absolute atomic E-state index is 0.346. The standard InChI is InChI=1S/C24H16FN3OS/c1-16-6-12-19(14-20(16)25)28(24-27-21-4-2-3-5-22(21)30-24)23(29)13-11-17-7-9-18(15-26)10-8-17/h2-14H,1H3/b13-11+. The van der Waals surface area contributed by atoms with Crippen LogP contribution in [0.25, 0.3) is 16.3 Å². The number of carbonyl (C=O) groups is 1. The molecule has 4 nitrogen and oxygen atoms in total. The van der Waals surface area contributed by atoms with E-state index in [9.17, 15) is 9.18 Å². The molecule has 4 aromatic rings. The van der Waals surface area contributed by atoms with Crippen LogP contribution in [0.4, 0.5) is 15.2 Å². The number of rotatable bonds is 4. The summed E-state index contributed by atoms with van der Waals surface area (Å²) in [6, 6.07) is 21.2. The molecule has 0 aliphatic rings. The zero-order valence-corrected chi connectivity index (χ0v) is 16.9. The van der Waals surface area contributed by atoms with Crippen LogP contribution in [0.2, 0.25) is 0 Å². The van der Waals surface area contributed by atoms with Crippen LogP contribution < -0.4 is 4.90 Å². The van der Waals surface area contributed by atoms with Gasteiger partial charge in [0.05, 0.1) is 27.5 Å². The SMILES string of the molecule is Cc1ccc(N(C(=O)/C=C/c2ccc(C#N)cc2)c2nc3ccccc3s2)cc1F. The third kappa shape index (κ3) is 3.97. The van der Waals surface area contributed by atoms with Crippen LogP contribution in [0, 0.1) is 24.1 Å². The molecule has 0 saturated heterocycles. The number of hydrogen-bond donors (Lipinski definition) is 0. The Labute approximate surface area is 177 Å². The second-order valence-corrected chi connectivity index (χ2v) is 7.65. The highest BCUT2D eigenvalue weighted by atomic mass is 32.1. The van der Waals surface area contributed by atoms with Gasteiger partial charge in [-0.2, -0.15) is 5.26 Å². The number of carbonyl (C=O) groups excluding carboxylic acids is 1. The number of hydrogen-bond acceptors (Lipinski definition) is 4. The number of nitriles is 1. The molecule has 0 unspecified atom stereocenters. The molecule has 1 heterocycles. The first-order valence-corrected chi connectivity index (χ1v) is 10.0. The summed E-state index contributed by atoms with van der Waals surface area (Å²) in [6.07, 6.45) is 3.08. The van der Waals surface area contributed by atoms with Crippen molar-refractivity contribution in [2.45, 2.75) is 6.92 Å². The average Bonchev–Trinajstić information content (AvgIpc) is 3.19. The van der Waals surface area contributed by atoms with E-state index in [2.05, 4.69) is 11.1 Å². The maximum Gasteiger partial charge on any atom is 0.257 e. The number of thiazole rings is 1. The third-order valence-corrected chi connectivity index (χ3v) is 5.59. The number of aryl methyl sites for hydroxylation is 1. The number of para-hydroxylation sites is 1. The third-order valence-electron chi connectivity index (χ3n) is 4.57. The van der Waals surface area contributed by atoms with Crippen molar-refractivity contribution in [1.29, 1.82) is 5.26 Å². The van der Waals surface area contributed by atoms with Crippen molar-refractivity contribution < 1.29 is 9.18 Å². The Morgan fingerprint density at radius 2 is 1.90 bits per heavy atom. The van der Waals surface area contributed by atoms with Gasteiger partial charge in [-0.1, -0.05) is 41.7 Å². The Hall–Kier alpha value is -3.82. The number of anilines is 2. The van der Waals surface area contributed by atoms with Gasteiger partial charge in [-0.3, -0.25) is 9.69 Å². The molecule has 0 spiro atoms. The molecule has 0 bridgehead atoms. The number of aromatic nitrogens is 1. The Morgan fingerprint density at radius 3 is 2.60 bits per heavy atom. The molecule has 0 aliphatic carbocycles. The smallest absolute Gasteiger partial charge is 0.257 e. The average molecular weight is 413 g/mol. The summed E-state index contributed by atoms with van der Waals surface area (Å²) in [5, 5.41) is 9.37. The zero-order chi connectivity index (χ0) is 21.1. The van der Waals surface area contributed by atoms with Crippen molar-refractivity contribution in [3.63, 3.8) is 0 Å². The molecule has 0 fully saturated rings. The van der Waals surface area contributed by atoms with Gasteiger partial charge in [0.25, 0.3) is 5.91 Å². The summed E-state index contributed by atoms with van der Waals surface area (Å²) in [5.41, 5.74) is 3.01. The van der Waals surface area contributed by atoms with Gasteiger partial charge in [-0.25, -0.2) is 9.37 Å². The molecule has 0 atom stereocenters. The van der Waals surface area contributed by atoms with E-state index in [-0.39, 0.29) is 11.7 Å². The van der Waals surface area contributed by atoms with Crippen LogP contribution >= 0.6 is 11.3 Å². The van der Waals surface area contributed by atoms with Crippen molar-refractivity contribution in [3.8, 4) is 6.07 Å². The highest BCUT2D eigenvalue weighted by molar-refractivity contribution is 7.22. The molecule has 0 saturated carbocycles. The van der Waals surface area contributed by atoms with Crippen molar-refractivity contribution in [2.75, 3.05) is 4.90 Å². The summed E-state index contributed by atoms with van der Waals surface area (Å²) in [7, 11) is 0. The lowest BCUT2D eigenvalue weighted by molar-refractivity contribution is -0.113. The number of amides is 1. The first kappa shape index (κ1) is 19.5. The van der Waals surface area contributed by atoms with Gasteiger partial charge >= 0.3 is 0 Å². The summed E-state index contributed by atoms with van der Waals surface area (Å²) in [6.45, 7) is 1.67. The van der Waals surface area contributed by atoms with Crippen molar-refractivity contribution in [1.82, 2.24) is 4.98 Å². The minimum Gasteiger partial charge on any atom is -0.269 e. The minimum atomic E-state index is -0.387. The Kier molecular flexibility index (Phi) is 5.38. The fraction of sp³-hybridized carbons (Fsp3) is 0.0417. The summed E-state index contributed by atoms with van der Waals surface area (Å²) in [4.78, 5) is 19.1. The van der Waals surface area contributed by atoms with Crippen molar-refractivity contribution in [2.24, 2.45) is 0 Å². The van der Waals surface area contributed by atoms with Crippen LogP contribution in [0.15, 0.2) is 72.8 Å². The van der Waals surface area contributed by atoms with Gasteiger partial charge in [0, 0.05) is 6.08 Å². The van der Waals surface area contributed by atoms with Gasteiger partial charge in [0.15, 0.2) is 5.13 Å². The van der Waals surface area contributed by atoms with Crippen LogP contribution in [0.1, 0.15) is 16.7 Å². The predicted molar refractivity (Wildman–Crippen MR) is 118 cm³/mol. The molecule has 0 radical (unpaired) electrons. The monoisotopic (exact) mass is 413 g/mol. The number of fused-ring (bicyclic) bond motifs is 1. The second-order valence-electron chi connectivity index (χ2n) is 6.64. The van der Waals surface area contributed by atoms with E-state index in [0.29, 0.717) is 21.9 Å². The van der Waals surface area contributed by atoms with Crippen LogP contribution in [0.5, 0.6) is 0 Å². The molecule has 146 valence electrons. The lowest BCUT2D eigenvalue weighted by Gasteiger charge is -2.18. The van der Waals surface area contributed by atoms with Crippen molar-refractivity contribution >= 4 is 44.4 Å². The topological polar surface area (TPSA) is 57.0 Å². The van der Waals surface area contributed by atoms with E-state index in [1.165, 1.54) is 28.4 Å². The quantitative estimate of drug-likeness (QED) is 0.386. The molecule has 0 N–H and O–H groups in total. The molecule has 1 amide bonds. The highest BCUT2D eigenvalue weighted by Crippen LogP contribution is 2.34. The number of halogens is 1. The number of nitrogens with zero attached hydrogens (tertiary/aromatic N) is 3. The molecule has 30 heavy (non-hydrogen) atoms. The summed E-state index contributed by atoms with van der Waals surface area (Å²) in [5.74, 6) is -0.732. The number of benzene rings is 3. The Balaban J connectivity index is 1.73. The molecule has 1 aromatic heterocycles. The van der Waals surface area contributed by atoms with Gasteiger partial charge in [-0.05, 0) is 60.5 Å². The Morgan fingerprint density at radius 1 is 1.13 bits per heavy atom. The lowest BCUT2D eigenvalue weighted by Crippen LogP contribution is -2.23. The van der Waals surface area contributed by atoms with E-state index < -0.39 is 0 Å². The lowest BCUT2D eigenvalue weighted by atomic mass is 10.1. The molecule has 3 aromatic carbocycles. The first-order chi connectivity index (χ1) is 14.5. The fourth-order valence-corrected chi connectivity index (χ4v) is 3.91. The molecule has 6 heteroatoms. The van der Waals surface area contributed by atoms with Crippen LogP contribution in [0.3, 0.4) is 0 Å². The van der Waals surface area contributed by atoms with E-state index >= 15 is 0 Å². The van der Waals surface area contributed by atoms with Gasteiger partial charge < -0.3 is 0 Å². The fourth-order valence-electron chi connectivity index (χ4n) is 2.92. The molecular weight excluding hydrogens is 397 g/mol. The zero-order valence-electron chi connectivity index (χ0n) is 16.0. The second kappa shape index (κ2) is 8.27. The molecule has 4 rings (SSSR count). The molecular formula is C24H16FN3OS. The van der Waals surface area contributed by atoms with Gasteiger partial charge in [0.1, 0.15) is 5.82 Å². The van der Waals surface area contributed by atoms with Crippen LogP contribution in [-0.2, 0) is 4.79 Å². The van der Waals surface area contributed by atoms with Gasteiger partial charge in [0.2, 0.25) is 0 Å². The van der Waals surface area contributed by atoms with E-state index in [1.54, 1.807) is 49.4 Å².